The number of nitro benzene ring substituents is 1. The van der Waals surface area contributed by atoms with Crippen LogP contribution in [0.25, 0.3) is 0 Å². The van der Waals surface area contributed by atoms with Gasteiger partial charge in [-0.3, -0.25) is 14.9 Å². The predicted molar refractivity (Wildman–Crippen MR) is 81.8 cm³/mol. The minimum absolute atomic E-state index is 0.0199. The van der Waals surface area contributed by atoms with Gasteiger partial charge < -0.3 is 20.7 Å². The molecule has 0 bridgehead atoms. The number of hydrogen-bond donors (Lipinski definition) is 3. The Morgan fingerprint density at radius 2 is 2.14 bits per heavy atom. The number of anilines is 1. The lowest BCUT2D eigenvalue weighted by molar-refractivity contribution is -0.384. The molecule has 0 radical (unpaired) electrons. The molecule has 8 nitrogen and oxygen atoms in total. The van der Waals surface area contributed by atoms with Gasteiger partial charge in [-0.25, -0.2) is 0 Å². The Kier molecular flexibility index (Phi) is 6.11. The van der Waals surface area contributed by atoms with Crippen LogP contribution in [0.4, 0.5) is 11.4 Å². The Morgan fingerprint density at radius 1 is 1.36 bits per heavy atom. The van der Waals surface area contributed by atoms with E-state index in [1.165, 1.54) is 12.1 Å². The highest BCUT2D eigenvalue weighted by molar-refractivity contribution is 5.76. The third kappa shape index (κ3) is 5.30. The Labute approximate surface area is 128 Å². The molecule has 0 aliphatic carbocycles. The molecule has 120 valence electrons. The number of ether oxygens (including phenoxy) is 1. The minimum atomic E-state index is -0.437. The average molecular weight is 308 g/mol. The normalized spacial score (nSPS) is 17.7. The molecule has 0 saturated carbocycles. The van der Waals surface area contributed by atoms with E-state index in [0.29, 0.717) is 32.7 Å². The highest BCUT2D eigenvalue weighted by Crippen LogP contribution is 2.14. The molecular weight excluding hydrogens is 288 g/mol. The summed E-state index contributed by atoms with van der Waals surface area (Å²) in [4.78, 5) is 21.8. The van der Waals surface area contributed by atoms with Gasteiger partial charge in [0.2, 0.25) is 5.91 Å². The third-order valence-electron chi connectivity index (χ3n) is 3.28. The summed E-state index contributed by atoms with van der Waals surface area (Å²) in [6.45, 7) is 3.08. The van der Waals surface area contributed by atoms with Gasteiger partial charge in [-0.15, -0.1) is 0 Å². The van der Waals surface area contributed by atoms with Crippen LogP contribution in [-0.2, 0) is 9.53 Å². The van der Waals surface area contributed by atoms with Crippen molar-refractivity contribution < 1.29 is 14.5 Å². The van der Waals surface area contributed by atoms with Crippen molar-refractivity contribution in [3.05, 3.63) is 34.4 Å². The van der Waals surface area contributed by atoms with E-state index < -0.39 is 4.92 Å². The Hall–Kier alpha value is -2.19. The number of rotatable bonds is 7. The van der Waals surface area contributed by atoms with Gasteiger partial charge >= 0.3 is 0 Å². The van der Waals surface area contributed by atoms with Gasteiger partial charge in [0, 0.05) is 49.9 Å². The number of amides is 1. The van der Waals surface area contributed by atoms with Gasteiger partial charge in [-0.05, 0) is 12.1 Å². The molecule has 2 rings (SSSR count). The van der Waals surface area contributed by atoms with Crippen LogP contribution < -0.4 is 16.0 Å². The van der Waals surface area contributed by atoms with Gasteiger partial charge in [-0.2, -0.15) is 0 Å². The van der Waals surface area contributed by atoms with Gasteiger partial charge in [0.1, 0.15) is 0 Å². The third-order valence-corrected chi connectivity index (χ3v) is 3.28. The monoisotopic (exact) mass is 308 g/mol. The predicted octanol–water partition coefficient (Wildman–Crippen LogP) is 0.501. The number of non-ortho nitro benzene ring substituents is 1. The SMILES string of the molecule is O=C(CC1COCCN1)NCCNc1ccc([N+](=O)[O-])cc1. The fourth-order valence-corrected chi connectivity index (χ4v) is 2.16. The summed E-state index contributed by atoms with van der Waals surface area (Å²) in [6, 6.07) is 6.24. The number of nitrogens with zero attached hydrogens (tertiary/aromatic N) is 1. The standard InChI is InChI=1S/C14H20N4O4/c19-14(9-12-10-22-8-7-16-12)17-6-5-15-11-1-3-13(4-2-11)18(20)21/h1-4,12,15-16H,5-10H2,(H,17,19). The summed E-state index contributed by atoms with van der Waals surface area (Å²) in [7, 11) is 0. The summed E-state index contributed by atoms with van der Waals surface area (Å²) in [5, 5.41) is 19.7. The van der Waals surface area contributed by atoms with Crippen LogP contribution in [0.3, 0.4) is 0 Å². The number of carbonyl (C=O) groups is 1. The molecule has 1 heterocycles. The van der Waals surface area contributed by atoms with E-state index in [1.54, 1.807) is 12.1 Å². The topological polar surface area (TPSA) is 106 Å². The maximum Gasteiger partial charge on any atom is 0.269 e. The van der Waals surface area contributed by atoms with Crippen molar-refractivity contribution in [2.24, 2.45) is 0 Å². The van der Waals surface area contributed by atoms with Crippen molar-refractivity contribution in [2.75, 3.05) is 38.2 Å². The zero-order valence-corrected chi connectivity index (χ0v) is 12.2. The molecule has 1 aromatic carbocycles. The van der Waals surface area contributed by atoms with Crippen LogP contribution in [0.1, 0.15) is 6.42 Å². The highest BCUT2D eigenvalue weighted by Gasteiger charge is 2.16. The summed E-state index contributed by atoms with van der Waals surface area (Å²) < 4.78 is 5.29. The van der Waals surface area contributed by atoms with E-state index in [1.807, 2.05) is 0 Å². The Balaban J connectivity index is 1.61. The largest absolute Gasteiger partial charge is 0.383 e. The molecule has 22 heavy (non-hydrogen) atoms. The second kappa shape index (κ2) is 8.30. The van der Waals surface area contributed by atoms with E-state index in [4.69, 9.17) is 4.74 Å². The lowest BCUT2D eigenvalue weighted by atomic mass is 10.2. The molecule has 1 unspecified atom stereocenters. The van der Waals surface area contributed by atoms with Crippen LogP contribution in [0.15, 0.2) is 24.3 Å². The summed E-state index contributed by atoms with van der Waals surface area (Å²) in [6.07, 6.45) is 0.400. The molecule has 1 aliphatic heterocycles. The van der Waals surface area contributed by atoms with E-state index >= 15 is 0 Å². The second-order valence-corrected chi connectivity index (χ2v) is 5.01. The zero-order valence-electron chi connectivity index (χ0n) is 12.2. The first-order chi connectivity index (χ1) is 10.6. The van der Waals surface area contributed by atoms with Crippen molar-refractivity contribution in [2.45, 2.75) is 12.5 Å². The molecule has 3 N–H and O–H groups in total. The van der Waals surface area contributed by atoms with Crippen LogP contribution >= 0.6 is 0 Å². The van der Waals surface area contributed by atoms with Gasteiger partial charge in [0.05, 0.1) is 18.1 Å². The molecule has 1 aliphatic rings. The van der Waals surface area contributed by atoms with E-state index in [9.17, 15) is 14.9 Å². The van der Waals surface area contributed by atoms with E-state index in [-0.39, 0.29) is 17.6 Å². The first kappa shape index (κ1) is 16.2. The molecule has 1 saturated heterocycles. The molecule has 0 aromatic heterocycles. The maximum atomic E-state index is 11.7. The quantitative estimate of drug-likeness (QED) is 0.385. The number of nitro groups is 1. The van der Waals surface area contributed by atoms with Gasteiger partial charge in [-0.1, -0.05) is 0 Å². The fourth-order valence-electron chi connectivity index (χ4n) is 2.16. The minimum Gasteiger partial charge on any atom is -0.383 e. The number of hydrogen-bond acceptors (Lipinski definition) is 6. The molecule has 1 fully saturated rings. The average Bonchev–Trinajstić information content (AvgIpc) is 2.53. The van der Waals surface area contributed by atoms with Crippen LogP contribution in [0.2, 0.25) is 0 Å². The zero-order chi connectivity index (χ0) is 15.8. The highest BCUT2D eigenvalue weighted by atomic mass is 16.6. The lowest BCUT2D eigenvalue weighted by Crippen LogP contribution is -2.44. The first-order valence-electron chi connectivity index (χ1n) is 7.21. The van der Waals surface area contributed by atoms with Crippen molar-refractivity contribution in [1.29, 1.82) is 0 Å². The molecular formula is C14H20N4O4. The lowest BCUT2D eigenvalue weighted by Gasteiger charge is -2.23. The second-order valence-electron chi connectivity index (χ2n) is 5.01. The first-order valence-corrected chi connectivity index (χ1v) is 7.21. The molecule has 1 atom stereocenters. The van der Waals surface area contributed by atoms with Crippen LogP contribution in [0, 0.1) is 10.1 Å². The van der Waals surface area contributed by atoms with Crippen molar-refractivity contribution in [3.63, 3.8) is 0 Å². The Morgan fingerprint density at radius 3 is 2.77 bits per heavy atom. The fraction of sp³-hybridized carbons (Fsp3) is 0.500. The number of nitrogens with one attached hydrogen (secondary N) is 3. The number of carbonyl (C=O) groups excluding carboxylic acids is 1. The van der Waals surface area contributed by atoms with Gasteiger partial charge in [0.15, 0.2) is 0 Å². The summed E-state index contributed by atoms with van der Waals surface area (Å²) in [5.74, 6) is -0.0199. The van der Waals surface area contributed by atoms with Crippen LogP contribution in [-0.4, -0.2) is 49.7 Å². The number of benzene rings is 1. The van der Waals surface area contributed by atoms with Crippen molar-refractivity contribution >= 4 is 17.3 Å². The number of morpholine rings is 1. The van der Waals surface area contributed by atoms with Crippen molar-refractivity contribution in [3.8, 4) is 0 Å². The smallest absolute Gasteiger partial charge is 0.269 e. The van der Waals surface area contributed by atoms with E-state index in [0.717, 1.165) is 12.2 Å². The van der Waals surface area contributed by atoms with Gasteiger partial charge in [0.25, 0.3) is 5.69 Å². The summed E-state index contributed by atoms with van der Waals surface area (Å²) >= 11 is 0. The maximum absolute atomic E-state index is 11.7. The molecule has 8 heteroatoms. The van der Waals surface area contributed by atoms with E-state index in [2.05, 4.69) is 16.0 Å². The molecule has 1 amide bonds. The Bertz CT molecular complexity index is 500. The molecule has 1 aromatic rings. The van der Waals surface area contributed by atoms with Crippen LogP contribution in [0.5, 0.6) is 0 Å². The van der Waals surface area contributed by atoms with Crippen molar-refractivity contribution in [1.82, 2.24) is 10.6 Å². The molecule has 0 spiro atoms. The summed E-state index contributed by atoms with van der Waals surface area (Å²) in [5.41, 5.74) is 0.836.